The van der Waals surface area contributed by atoms with E-state index in [4.69, 9.17) is 16.4 Å². The van der Waals surface area contributed by atoms with Crippen LogP contribution in [-0.4, -0.2) is 25.7 Å². The Balaban J connectivity index is 3.25. The summed E-state index contributed by atoms with van der Waals surface area (Å²) in [4.78, 5) is 5.00. The molecule has 1 rings (SSSR count). The maximum Gasteiger partial charge on any atom is 0.516 e. The minimum Gasteiger partial charge on any atom is -0.393 e. The first kappa shape index (κ1) is 18.6. The molecule has 0 saturated heterocycles. The van der Waals surface area contributed by atoms with Gasteiger partial charge in [-0.3, -0.25) is 4.72 Å². The van der Waals surface area contributed by atoms with E-state index in [0.717, 1.165) is 6.07 Å². The molecule has 0 saturated carbocycles. The molecule has 0 heterocycles. The van der Waals surface area contributed by atoms with Crippen LogP contribution in [0.5, 0.6) is 0 Å². The van der Waals surface area contributed by atoms with Gasteiger partial charge in [0.05, 0.1) is 11.4 Å². The highest BCUT2D eigenvalue weighted by molar-refractivity contribution is 7.93. The molecule has 124 valence electrons. The molecule has 22 heavy (non-hydrogen) atoms. The Morgan fingerprint density at radius 1 is 1.36 bits per heavy atom. The average Bonchev–Trinajstić information content (AvgIpc) is 2.36. The topological polar surface area (TPSA) is 67.8 Å². The van der Waals surface area contributed by atoms with Gasteiger partial charge in [-0.15, -0.1) is 0 Å². The van der Waals surface area contributed by atoms with E-state index in [1.54, 1.807) is 13.8 Å². The van der Waals surface area contributed by atoms with Crippen molar-refractivity contribution in [3.8, 4) is 0 Å². The minimum absolute atomic E-state index is 0.0842. The van der Waals surface area contributed by atoms with Crippen LogP contribution in [0.15, 0.2) is 23.4 Å². The largest absolute Gasteiger partial charge is 0.516 e. The van der Waals surface area contributed by atoms with Crippen LogP contribution in [0.4, 0.5) is 18.9 Å². The number of nitrogens with one attached hydrogen (secondary N) is 1. The zero-order valence-electron chi connectivity index (χ0n) is 11.9. The molecule has 1 aromatic rings. The summed E-state index contributed by atoms with van der Waals surface area (Å²) < 4.78 is 61.2. The summed E-state index contributed by atoms with van der Waals surface area (Å²) >= 11 is 5.79. The van der Waals surface area contributed by atoms with Crippen LogP contribution >= 0.6 is 11.6 Å². The predicted molar refractivity (Wildman–Crippen MR) is 78.5 cm³/mol. The predicted octanol–water partition coefficient (Wildman–Crippen LogP) is 3.75. The molecule has 0 spiro atoms. The van der Waals surface area contributed by atoms with Crippen LogP contribution in [0.3, 0.4) is 0 Å². The second kappa shape index (κ2) is 6.74. The second-order valence-corrected chi connectivity index (χ2v) is 6.68. The van der Waals surface area contributed by atoms with Crippen molar-refractivity contribution in [2.75, 3.05) is 4.72 Å². The number of hydrogen-bond donors (Lipinski definition) is 1. The lowest BCUT2D eigenvalue weighted by Crippen LogP contribution is -2.30. The SMILES string of the molecule is C/C(=N\OC(C)C)c1cc(Cl)ccc1NS(=O)(=O)C(F)(F)F. The number of anilines is 1. The zero-order valence-corrected chi connectivity index (χ0v) is 13.5. The number of halogens is 4. The Morgan fingerprint density at radius 2 is 1.95 bits per heavy atom. The van der Waals surface area contributed by atoms with Gasteiger partial charge in [0.25, 0.3) is 0 Å². The molecule has 0 radical (unpaired) electrons. The standard InChI is InChI=1S/C12H14ClF3N2O3S/c1-7(2)21-17-8(3)10-6-9(13)4-5-11(10)18-22(19,20)12(14,15)16/h4-7,18H,1-3H3/b17-8+. The minimum atomic E-state index is -5.54. The quantitative estimate of drug-likeness (QED) is 0.644. The molecular weight excluding hydrogens is 345 g/mol. The van der Waals surface area contributed by atoms with Gasteiger partial charge in [0, 0.05) is 10.6 Å². The van der Waals surface area contributed by atoms with E-state index in [1.165, 1.54) is 23.8 Å². The van der Waals surface area contributed by atoms with E-state index >= 15 is 0 Å². The van der Waals surface area contributed by atoms with Crippen LogP contribution in [-0.2, 0) is 14.9 Å². The zero-order chi connectivity index (χ0) is 17.1. The molecule has 0 unspecified atom stereocenters. The summed E-state index contributed by atoms with van der Waals surface area (Å²) in [5.41, 5.74) is -5.46. The third-order valence-electron chi connectivity index (χ3n) is 2.32. The van der Waals surface area contributed by atoms with Gasteiger partial charge in [-0.1, -0.05) is 16.8 Å². The van der Waals surface area contributed by atoms with Gasteiger partial charge in [0.1, 0.15) is 6.10 Å². The van der Waals surface area contributed by atoms with Gasteiger partial charge in [0.2, 0.25) is 0 Å². The van der Waals surface area contributed by atoms with Crippen LogP contribution in [0.25, 0.3) is 0 Å². The third-order valence-corrected chi connectivity index (χ3v) is 3.65. The van der Waals surface area contributed by atoms with Crippen LogP contribution < -0.4 is 4.72 Å². The smallest absolute Gasteiger partial charge is 0.393 e. The molecule has 0 fully saturated rings. The van der Waals surface area contributed by atoms with Crippen molar-refractivity contribution >= 4 is 33.0 Å². The van der Waals surface area contributed by atoms with Crippen molar-refractivity contribution in [2.45, 2.75) is 32.4 Å². The summed E-state index contributed by atoms with van der Waals surface area (Å²) in [5, 5.41) is 3.94. The second-order valence-electron chi connectivity index (χ2n) is 4.57. The molecule has 5 nitrogen and oxygen atoms in total. The highest BCUT2D eigenvalue weighted by Crippen LogP contribution is 2.28. The van der Waals surface area contributed by atoms with Gasteiger partial charge in [0.15, 0.2) is 0 Å². The normalized spacial score (nSPS) is 13.4. The lowest BCUT2D eigenvalue weighted by molar-refractivity contribution is -0.0429. The Labute approximate surface area is 131 Å². The van der Waals surface area contributed by atoms with E-state index in [0.29, 0.717) is 0 Å². The summed E-state index contributed by atoms with van der Waals surface area (Å²) in [7, 11) is -5.54. The molecule has 0 aromatic heterocycles. The fourth-order valence-electron chi connectivity index (χ4n) is 1.34. The molecule has 0 aliphatic carbocycles. The van der Waals surface area contributed by atoms with Gasteiger partial charge in [-0.25, -0.2) is 0 Å². The highest BCUT2D eigenvalue weighted by atomic mass is 35.5. The Morgan fingerprint density at radius 3 is 2.45 bits per heavy atom. The van der Waals surface area contributed by atoms with Crippen LogP contribution in [0.2, 0.25) is 5.02 Å². The first-order chi connectivity index (χ1) is 9.94. The number of sulfonamides is 1. The van der Waals surface area contributed by atoms with Crippen molar-refractivity contribution in [3.63, 3.8) is 0 Å². The van der Waals surface area contributed by atoms with Crippen molar-refractivity contribution in [2.24, 2.45) is 5.16 Å². The Bertz CT molecular complexity index is 673. The number of rotatable bonds is 5. The molecular formula is C12H14ClF3N2O3S. The van der Waals surface area contributed by atoms with E-state index < -0.39 is 15.5 Å². The number of hydrogen-bond acceptors (Lipinski definition) is 4. The van der Waals surface area contributed by atoms with Crippen LogP contribution in [0, 0.1) is 0 Å². The first-order valence-electron chi connectivity index (χ1n) is 6.03. The maximum atomic E-state index is 12.5. The Kier molecular flexibility index (Phi) is 5.69. The van der Waals surface area contributed by atoms with Crippen LogP contribution in [0.1, 0.15) is 26.3 Å². The van der Waals surface area contributed by atoms with Gasteiger partial charge < -0.3 is 4.84 Å². The molecule has 0 aliphatic rings. The van der Waals surface area contributed by atoms with E-state index in [1.807, 2.05) is 0 Å². The first-order valence-corrected chi connectivity index (χ1v) is 7.89. The summed E-state index contributed by atoms with van der Waals surface area (Å²) in [6.45, 7) is 4.88. The number of alkyl halides is 3. The molecule has 0 atom stereocenters. The molecule has 1 N–H and O–H groups in total. The molecule has 10 heteroatoms. The fourth-order valence-corrected chi connectivity index (χ4v) is 2.10. The molecule has 0 aliphatic heterocycles. The average molecular weight is 359 g/mol. The van der Waals surface area contributed by atoms with Crippen molar-refractivity contribution < 1.29 is 26.4 Å². The lowest BCUT2D eigenvalue weighted by Gasteiger charge is -2.14. The number of oxime groups is 1. The Hall–Kier alpha value is -1.48. The molecule has 0 bridgehead atoms. The molecule has 0 amide bonds. The summed E-state index contributed by atoms with van der Waals surface area (Å²) in [5.74, 6) is 0. The third kappa shape index (κ3) is 4.77. The fraction of sp³-hybridized carbons (Fsp3) is 0.417. The van der Waals surface area contributed by atoms with E-state index in [-0.39, 0.29) is 28.1 Å². The molecule has 1 aromatic carbocycles. The van der Waals surface area contributed by atoms with E-state index in [2.05, 4.69) is 5.16 Å². The van der Waals surface area contributed by atoms with E-state index in [9.17, 15) is 21.6 Å². The van der Waals surface area contributed by atoms with Crippen molar-refractivity contribution in [1.82, 2.24) is 0 Å². The van der Waals surface area contributed by atoms with Gasteiger partial charge in [-0.05, 0) is 39.0 Å². The monoisotopic (exact) mass is 358 g/mol. The number of benzene rings is 1. The highest BCUT2D eigenvalue weighted by Gasteiger charge is 2.46. The van der Waals surface area contributed by atoms with Gasteiger partial charge in [-0.2, -0.15) is 21.6 Å². The van der Waals surface area contributed by atoms with Crippen molar-refractivity contribution in [3.05, 3.63) is 28.8 Å². The lowest BCUT2D eigenvalue weighted by atomic mass is 10.1. The maximum absolute atomic E-state index is 12.5. The van der Waals surface area contributed by atoms with Gasteiger partial charge >= 0.3 is 15.5 Å². The summed E-state index contributed by atoms with van der Waals surface area (Å²) in [6, 6.07) is 3.67. The number of nitrogens with zero attached hydrogens (tertiary/aromatic N) is 1. The van der Waals surface area contributed by atoms with Crippen molar-refractivity contribution in [1.29, 1.82) is 0 Å². The summed E-state index contributed by atoms with van der Waals surface area (Å²) in [6.07, 6.45) is -0.246.